The molecular formula is C15H19BrN2S. The molecule has 0 bridgehead atoms. The summed E-state index contributed by atoms with van der Waals surface area (Å²) in [6.07, 6.45) is 0. The van der Waals surface area contributed by atoms with Crippen molar-refractivity contribution in [3.63, 3.8) is 0 Å². The maximum absolute atomic E-state index is 3.56. The van der Waals surface area contributed by atoms with E-state index >= 15 is 0 Å². The molecule has 0 atom stereocenters. The van der Waals surface area contributed by atoms with Crippen molar-refractivity contribution in [3.8, 4) is 0 Å². The molecule has 0 saturated heterocycles. The number of halogens is 1. The van der Waals surface area contributed by atoms with Crippen LogP contribution in [0, 0.1) is 6.92 Å². The van der Waals surface area contributed by atoms with E-state index in [4.69, 9.17) is 0 Å². The molecule has 0 spiro atoms. The molecule has 2 nitrogen and oxygen atoms in total. The second-order valence-corrected chi connectivity index (χ2v) is 7.10. The topological polar surface area (TPSA) is 15.3 Å². The first-order valence-corrected chi connectivity index (χ1v) is 7.88. The van der Waals surface area contributed by atoms with Crippen molar-refractivity contribution in [2.24, 2.45) is 0 Å². The Bertz CT molecular complexity index is 529. The van der Waals surface area contributed by atoms with E-state index in [0.717, 1.165) is 13.1 Å². The Labute approximate surface area is 127 Å². The van der Waals surface area contributed by atoms with Gasteiger partial charge in [-0.25, -0.2) is 0 Å². The summed E-state index contributed by atoms with van der Waals surface area (Å²) in [4.78, 5) is 4.86. The molecule has 1 aromatic carbocycles. The molecule has 0 aliphatic carbocycles. The first-order chi connectivity index (χ1) is 9.04. The lowest BCUT2D eigenvalue weighted by Gasteiger charge is -2.11. The van der Waals surface area contributed by atoms with Gasteiger partial charge in [-0.3, -0.25) is 0 Å². The molecule has 0 unspecified atom stereocenters. The van der Waals surface area contributed by atoms with Gasteiger partial charge in [0.2, 0.25) is 0 Å². The van der Waals surface area contributed by atoms with Crippen molar-refractivity contribution in [1.82, 2.24) is 4.90 Å². The van der Waals surface area contributed by atoms with E-state index in [1.54, 1.807) is 0 Å². The lowest BCUT2D eigenvalue weighted by atomic mass is 10.2. The number of thiophene rings is 1. The molecule has 0 aliphatic rings. The van der Waals surface area contributed by atoms with E-state index in [1.165, 1.54) is 25.5 Å². The number of aryl methyl sites for hydroxylation is 1. The molecule has 0 saturated carbocycles. The average molecular weight is 339 g/mol. The summed E-state index contributed by atoms with van der Waals surface area (Å²) in [5, 5.41) is 3.49. The van der Waals surface area contributed by atoms with Crippen LogP contribution in [0.1, 0.15) is 15.3 Å². The fraction of sp³-hybridized carbons (Fsp3) is 0.333. The molecule has 0 fully saturated rings. The maximum atomic E-state index is 3.56. The van der Waals surface area contributed by atoms with Gasteiger partial charge in [0.25, 0.3) is 0 Å². The average Bonchev–Trinajstić information content (AvgIpc) is 2.66. The van der Waals surface area contributed by atoms with Crippen LogP contribution in [0.4, 0.5) is 5.69 Å². The predicted molar refractivity (Wildman–Crippen MR) is 87.9 cm³/mol. The zero-order valence-electron chi connectivity index (χ0n) is 11.5. The fourth-order valence-corrected chi connectivity index (χ4v) is 3.48. The van der Waals surface area contributed by atoms with Crippen LogP contribution < -0.4 is 5.32 Å². The highest BCUT2D eigenvalue weighted by Crippen LogP contribution is 2.27. The minimum atomic E-state index is 0.878. The molecule has 1 N–H and O–H groups in total. The van der Waals surface area contributed by atoms with Gasteiger partial charge in [-0.2, -0.15) is 0 Å². The first kappa shape index (κ1) is 14.6. The lowest BCUT2D eigenvalue weighted by molar-refractivity contribution is 0.402. The number of rotatable bonds is 5. The summed E-state index contributed by atoms with van der Waals surface area (Å²) in [5.41, 5.74) is 2.51. The van der Waals surface area contributed by atoms with E-state index < -0.39 is 0 Å². The van der Waals surface area contributed by atoms with Gasteiger partial charge >= 0.3 is 0 Å². The second kappa shape index (κ2) is 6.55. The summed E-state index contributed by atoms with van der Waals surface area (Å²) in [7, 11) is 4.18. The maximum Gasteiger partial charge on any atom is 0.0494 e. The second-order valence-electron chi connectivity index (χ2n) is 4.91. The molecule has 102 valence electrons. The molecule has 19 heavy (non-hydrogen) atoms. The number of hydrogen-bond donors (Lipinski definition) is 1. The summed E-state index contributed by atoms with van der Waals surface area (Å²) in [6.45, 7) is 3.98. The molecule has 0 radical (unpaired) electrons. The highest BCUT2D eigenvalue weighted by Gasteiger charge is 2.03. The van der Waals surface area contributed by atoms with Crippen LogP contribution in [0.5, 0.6) is 0 Å². The van der Waals surface area contributed by atoms with Crippen LogP contribution in [0.2, 0.25) is 0 Å². The van der Waals surface area contributed by atoms with Crippen molar-refractivity contribution in [2.45, 2.75) is 20.0 Å². The van der Waals surface area contributed by atoms with Crippen LogP contribution in [0.25, 0.3) is 0 Å². The Hall–Kier alpha value is -0.840. The Morgan fingerprint density at radius 2 is 2.05 bits per heavy atom. The Kier molecular flexibility index (Phi) is 5.02. The molecule has 2 rings (SSSR count). The number of benzene rings is 1. The van der Waals surface area contributed by atoms with Crippen molar-refractivity contribution < 1.29 is 0 Å². The monoisotopic (exact) mass is 338 g/mol. The lowest BCUT2D eigenvalue weighted by Crippen LogP contribution is -2.10. The standard InChI is InChI=1S/C15H19BrN2S/c1-11-15(16)8-14(19-11)9-17-13-6-4-5-12(7-13)10-18(2)3/h4-8,17H,9-10H2,1-3H3. The number of hydrogen-bond acceptors (Lipinski definition) is 3. The molecule has 2 aromatic rings. The Morgan fingerprint density at radius 3 is 2.68 bits per heavy atom. The van der Waals surface area contributed by atoms with Crippen LogP contribution in [-0.4, -0.2) is 19.0 Å². The van der Waals surface area contributed by atoms with Gasteiger partial charge in [0, 0.05) is 33.0 Å². The Morgan fingerprint density at radius 1 is 1.26 bits per heavy atom. The molecule has 1 aromatic heterocycles. The molecule has 4 heteroatoms. The van der Waals surface area contributed by atoms with Gasteiger partial charge in [0.15, 0.2) is 0 Å². The highest BCUT2D eigenvalue weighted by atomic mass is 79.9. The minimum Gasteiger partial charge on any atom is -0.380 e. The normalized spacial score (nSPS) is 11.0. The Balaban J connectivity index is 1.99. The summed E-state index contributed by atoms with van der Waals surface area (Å²) in [5.74, 6) is 0. The largest absolute Gasteiger partial charge is 0.380 e. The molecule has 1 heterocycles. The van der Waals surface area contributed by atoms with Crippen LogP contribution in [-0.2, 0) is 13.1 Å². The van der Waals surface area contributed by atoms with Crippen LogP contribution in [0.3, 0.4) is 0 Å². The van der Waals surface area contributed by atoms with Crippen LogP contribution in [0.15, 0.2) is 34.8 Å². The third kappa shape index (κ3) is 4.34. The zero-order valence-corrected chi connectivity index (χ0v) is 13.9. The number of nitrogens with one attached hydrogen (secondary N) is 1. The SMILES string of the molecule is Cc1sc(CNc2cccc(CN(C)C)c2)cc1Br. The minimum absolute atomic E-state index is 0.878. The summed E-state index contributed by atoms with van der Waals surface area (Å²) >= 11 is 5.39. The molecule has 0 amide bonds. The van der Waals surface area contributed by atoms with Crippen molar-refractivity contribution in [3.05, 3.63) is 50.1 Å². The van der Waals surface area contributed by atoms with Crippen molar-refractivity contribution in [2.75, 3.05) is 19.4 Å². The zero-order chi connectivity index (χ0) is 13.8. The van der Waals surface area contributed by atoms with Gasteiger partial charge in [-0.1, -0.05) is 12.1 Å². The highest BCUT2D eigenvalue weighted by molar-refractivity contribution is 9.10. The van der Waals surface area contributed by atoms with Gasteiger partial charge in [0.05, 0.1) is 0 Å². The third-order valence-corrected chi connectivity index (χ3v) is 4.94. The molecule has 0 aliphatic heterocycles. The van der Waals surface area contributed by atoms with E-state index in [0.29, 0.717) is 0 Å². The van der Waals surface area contributed by atoms with E-state index in [2.05, 4.69) is 77.5 Å². The smallest absolute Gasteiger partial charge is 0.0494 e. The quantitative estimate of drug-likeness (QED) is 0.863. The summed E-state index contributed by atoms with van der Waals surface area (Å²) in [6, 6.07) is 10.8. The summed E-state index contributed by atoms with van der Waals surface area (Å²) < 4.78 is 1.20. The van der Waals surface area contributed by atoms with Gasteiger partial charge in [-0.15, -0.1) is 11.3 Å². The van der Waals surface area contributed by atoms with Crippen molar-refractivity contribution in [1.29, 1.82) is 0 Å². The van der Waals surface area contributed by atoms with Gasteiger partial charge in [0.1, 0.15) is 0 Å². The van der Waals surface area contributed by atoms with Gasteiger partial charge < -0.3 is 10.2 Å². The third-order valence-electron chi connectivity index (χ3n) is 2.80. The van der Waals surface area contributed by atoms with Gasteiger partial charge in [-0.05, 0) is 60.7 Å². The van der Waals surface area contributed by atoms with E-state index in [9.17, 15) is 0 Å². The fourth-order valence-electron chi connectivity index (χ4n) is 1.94. The van der Waals surface area contributed by atoms with Crippen LogP contribution >= 0.6 is 27.3 Å². The van der Waals surface area contributed by atoms with E-state index in [-0.39, 0.29) is 0 Å². The first-order valence-electron chi connectivity index (χ1n) is 6.27. The molecular weight excluding hydrogens is 320 g/mol. The number of nitrogens with zero attached hydrogens (tertiary/aromatic N) is 1. The number of anilines is 1. The predicted octanol–water partition coefficient (Wildman–Crippen LogP) is 4.49. The van der Waals surface area contributed by atoms with E-state index in [1.807, 2.05) is 11.3 Å². The van der Waals surface area contributed by atoms with Crippen molar-refractivity contribution >= 4 is 33.0 Å².